The average molecular weight is 352 g/mol. The number of carbonyl (C=O) groups is 3. The molecular weight excluding hydrogens is 324 g/mol. The Morgan fingerprint density at radius 2 is 2.04 bits per heavy atom. The Labute approximate surface area is 148 Å². The highest BCUT2D eigenvalue weighted by molar-refractivity contribution is 5.93. The highest BCUT2D eigenvalue weighted by Crippen LogP contribution is 2.39. The molecule has 0 aromatic carbocycles. The van der Waals surface area contributed by atoms with Gasteiger partial charge in [0, 0.05) is 23.8 Å². The summed E-state index contributed by atoms with van der Waals surface area (Å²) >= 11 is 0. The quantitative estimate of drug-likeness (QED) is 0.605. The van der Waals surface area contributed by atoms with Crippen LogP contribution in [0.4, 0.5) is 0 Å². The highest BCUT2D eigenvalue weighted by atomic mass is 16.6. The third-order valence-corrected chi connectivity index (χ3v) is 5.27. The van der Waals surface area contributed by atoms with Gasteiger partial charge >= 0.3 is 11.9 Å². The third-order valence-electron chi connectivity index (χ3n) is 5.27. The van der Waals surface area contributed by atoms with E-state index in [2.05, 4.69) is 6.58 Å². The lowest BCUT2D eigenvalue weighted by Crippen LogP contribution is -2.52. The van der Waals surface area contributed by atoms with E-state index in [1.807, 2.05) is 6.92 Å². The maximum Gasteiger partial charge on any atom is 0.334 e. The van der Waals surface area contributed by atoms with Crippen LogP contribution in [0, 0.1) is 17.8 Å². The first-order valence-corrected chi connectivity index (χ1v) is 8.90. The number of aliphatic hydroxyl groups is 1. The Bertz CT molecular complexity index is 576. The molecule has 140 valence electrons. The van der Waals surface area contributed by atoms with Crippen LogP contribution >= 0.6 is 0 Å². The minimum Gasteiger partial charge on any atom is -0.455 e. The number of carbonyl (C=O) groups excluding carboxylic acids is 3. The van der Waals surface area contributed by atoms with Crippen LogP contribution in [0.5, 0.6) is 0 Å². The summed E-state index contributed by atoms with van der Waals surface area (Å²) in [4.78, 5) is 36.6. The Hall–Kier alpha value is -1.69. The van der Waals surface area contributed by atoms with Crippen molar-refractivity contribution in [1.82, 2.24) is 0 Å². The molecule has 1 aliphatic heterocycles. The van der Waals surface area contributed by atoms with Crippen molar-refractivity contribution >= 4 is 17.7 Å². The van der Waals surface area contributed by atoms with Gasteiger partial charge in [0.1, 0.15) is 17.5 Å². The van der Waals surface area contributed by atoms with Crippen molar-refractivity contribution in [2.24, 2.45) is 17.8 Å². The van der Waals surface area contributed by atoms with E-state index in [-0.39, 0.29) is 29.6 Å². The van der Waals surface area contributed by atoms with Gasteiger partial charge in [0.25, 0.3) is 0 Å². The lowest BCUT2D eigenvalue weighted by molar-refractivity contribution is -0.190. The van der Waals surface area contributed by atoms with Crippen molar-refractivity contribution in [2.45, 2.75) is 71.2 Å². The van der Waals surface area contributed by atoms with Crippen LogP contribution in [0.2, 0.25) is 0 Å². The first kappa shape index (κ1) is 19.6. The van der Waals surface area contributed by atoms with Crippen LogP contribution in [-0.4, -0.2) is 40.6 Å². The summed E-state index contributed by atoms with van der Waals surface area (Å²) in [6.45, 7) is 10.6. The van der Waals surface area contributed by atoms with E-state index in [1.165, 1.54) is 0 Å². The topological polar surface area (TPSA) is 89.9 Å². The van der Waals surface area contributed by atoms with Crippen LogP contribution in [0.1, 0.15) is 53.4 Å². The van der Waals surface area contributed by atoms with Crippen molar-refractivity contribution in [2.75, 3.05) is 0 Å². The summed E-state index contributed by atoms with van der Waals surface area (Å²) in [7, 11) is 0. The van der Waals surface area contributed by atoms with Crippen LogP contribution in [0.3, 0.4) is 0 Å². The molecule has 1 saturated heterocycles. The van der Waals surface area contributed by atoms with Crippen LogP contribution < -0.4 is 0 Å². The van der Waals surface area contributed by atoms with E-state index < -0.39 is 35.7 Å². The van der Waals surface area contributed by atoms with Gasteiger partial charge in [0.2, 0.25) is 0 Å². The molecule has 0 radical (unpaired) electrons. The number of Topliss-reactive ketones (excluding diaryl/α,β-unsaturated/α-hetero) is 1. The van der Waals surface area contributed by atoms with Crippen LogP contribution in [0.15, 0.2) is 12.2 Å². The number of ketones is 1. The predicted octanol–water partition coefficient (Wildman–Crippen LogP) is 2.18. The first-order chi connectivity index (χ1) is 11.5. The summed E-state index contributed by atoms with van der Waals surface area (Å²) in [6.07, 6.45) is -0.236. The SMILES string of the molecule is C=C1C(=O)O[C@@H]2[C@@H](OC(=O)C(C)C)[C@@](C)(O)CCC[C@@H](C)C(=O)C[C@@H]12. The molecule has 1 saturated carbocycles. The lowest BCUT2D eigenvalue weighted by atomic mass is 9.77. The van der Waals surface area contributed by atoms with E-state index in [0.717, 1.165) is 0 Å². The molecule has 5 atom stereocenters. The maximum absolute atomic E-state index is 12.4. The molecule has 6 heteroatoms. The summed E-state index contributed by atoms with van der Waals surface area (Å²) in [5.74, 6) is -2.17. The fourth-order valence-corrected chi connectivity index (χ4v) is 3.44. The second kappa shape index (κ2) is 7.28. The van der Waals surface area contributed by atoms with Gasteiger partial charge in [-0.05, 0) is 26.2 Å². The molecule has 0 spiro atoms. The fraction of sp³-hybridized carbons (Fsp3) is 0.737. The first-order valence-electron chi connectivity index (χ1n) is 8.90. The van der Waals surface area contributed by atoms with Crippen LogP contribution in [0.25, 0.3) is 0 Å². The summed E-state index contributed by atoms with van der Waals surface area (Å²) in [5, 5.41) is 11.0. The largest absolute Gasteiger partial charge is 0.455 e. The second-order valence-corrected chi connectivity index (χ2v) is 7.83. The minimum absolute atomic E-state index is 0.0323. The minimum atomic E-state index is -1.36. The molecule has 6 nitrogen and oxygen atoms in total. The zero-order chi connectivity index (χ0) is 18.9. The molecule has 25 heavy (non-hydrogen) atoms. The number of hydrogen-bond donors (Lipinski definition) is 1. The number of ether oxygens (including phenoxy) is 2. The summed E-state index contributed by atoms with van der Waals surface area (Å²) in [5.41, 5.74) is -1.16. The summed E-state index contributed by atoms with van der Waals surface area (Å²) < 4.78 is 10.9. The Morgan fingerprint density at radius 1 is 1.40 bits per heavy atom. The van der Waals surface area contributed by atoms with Gasteiger partial charge in [-0.15, -0.1) is 0 Å². The number of fused-ring (bicyclic) bond motifs is 1. The number of rotatable bonds is 2. The molecule has 2 rings (SSSR count). The fourth-order valence-electron chi connectivity index (χ4n) is 3.44. The molecule has 0 amide bonds. The lowest BCUT2D eigenvalue weighted by Gasteiger charge is -2.38. The van der Waals surface area contributed by atoms with Gasteiger partial charge in [-0.2, -0.15) is 0 Å². The molecule has 1 N–H and O–H groups in total. The smallest absolute Gasteiger partial charge is 0.334 e. The highest BCUT2D eigenvalue weighted by Gasteiger charge is 2.52. The summed E-state index contributed by atoms with van der Waals surface area (Å²) in [6, 6.07) is 0. The molecule has 2 fully saturated rings. The van der Waals surface area contributed by atoms with Crippen molar-refractivity contribution in [3.8, 4) is 0 Å². The third kappa shape index (κ3) is 4.11. The molecule has 1 aliphatic carbocycles. The molecule has 1 heterocycles. The van der Waals surface area contributed by atoms with E-state index in [0.29, 0.717) is 19.3 Å². The molecular formula is C19H28O6. The maximum atomic E-state index is 12.4. The molecule has 0 unspecified atom stereocenters. The number of hydrogen-bond acceptors (Lipinski definition) is 6. The normalized spacial score (nSPS) is 36.8. The second-order valence-electron chi connectivity index (χ2n) is 7.83. The Morgan fingerprint density at radius 3 is 2.64 bits per heavy atom. The molecule has 0 aromatic rings. The van der Waals surface area contributed by atoms with Gasteiger partial charge in [-0.25, -0.2) is 4.79 Å². The molecule has 2 aliphatic rings. The van der Waals surface area contributed by atoms with Crippen molar-refractivity contribution in [3.05, 3.63) is 12.2 Å². The monoisotopic (exact) mass is 352 g/mol. The molecule has 0 aromatic heterocycles. The van der Waals surface area contributed by atoms with Gasteiger partial charge in [0.05, 0.1) is 5.92 Å². The van der Waals surface area contributed by atoms with E-state index in [1.54, 1.807) is 20.8 Å². The standard InChI is InChI=1S/C19H28O6/c1-10(2)17(21)25-16-15-13(12(4)18(22)24-15)9-14(20)11(3)7-6-8-19(16,5)23/h10-11,13,15-16,23H,4,6-9H2,1-3,5H3/t11-,13+,15+,16-,19+/m1/s1. The van der Waals surface area contributed by atoms with E-state index >= 15 is 0 Å². The Balaban J connectivity index is 2.41. The van der Waals surface area contributed by atoms with Crippen molar-refractivity contribution in [3.63, 3.8) is 0 Å². The van der Waals surface area contributed by atoms with Gasteiger partial charge < -0.3 is 14.6 Å². The van der Waals surface area contributed by atoms with Gasteiger partial charge in [-0.3, -0.25) is 9.59 Å². The number of esters is 2. The van der Waals surface area contributed by atoms with Crippen LogP contribution in [-0.2, 0) is 23.9 Å². The molecule has 0 bridgehead atoms. The van der Waals surface area contributed by atoms with Gasteiger partial charge in [-0.1, -0.05) is 27.4 Å². The Kier molecular flexibility index (Phi) is 5.72. The van der Waals surface area contributed by atoms with E-state index in [4.69, 9.17) is 9.47 Å². The zero-order valence-corrected chi connectivity index (χ0v) is 15.4. The van der Waals surface area contributed by atoms with Crippen molar-refractivity contribution < 1.29 is 29.0 Å². The average Bonchev–Trinajstić information content (AvgIpc) is 2.78. The van der Waals surface area contributed by atoms with Gasteiger partial charge in [0.15, 0.2) is 6.10 Å². The zero-order valence-electron chi connectivity index (χ0n) is 15.4. The van der Waals surface area contributed by atoms with Crippen molar-refractivity contribution in [1.29, 1.82) is 0 Å². The van der Waals surface area contributed by atoms with E-state index in [9.17, 15) is 19.5 Å². The predicted molar refractivity (Wildman–Crippen MR) is 90.5 cm³/mol.